The molecule has 1 rings (SSSR count). The van der Waals surface area contributed by atoms with Crippen LogP contribution >= 0.6 is 0 Å². The molecule has 0 spiro atoms. The van der Waals surface area contributed by atoms with Crippen LogP contribution in [0.5, 0.6) is 0 Å². The van der Waals surface area contributed by atoms with Crippen molar-refractivity contribution >= 4 is 0 Å². The highest BCUT2D eigenvalue weighted by atomic mass is 16.7. The molecule has 0 aromatic carbocycles. The van der Waals surface area contributed by atoms with Crippen LogP contribution in [0.15, 0.2) is 0 Å². The Morgan fingerprint density at radius 1 is 1.36 bits per heavy atom. The van der Waals surface area contributed by atoms with Crippen LogP contribution in [0, 0.1) is 0 Å². The first-order valence-electron chi connectivity index (χ1n) is 5.32. The molecule has 1 heterocycles. The van der Waals surface area contributed by atoms with Gasteiger partial charge in [-0.2, -0.15) is 0 Å². The molecule has 0 atom stereocenters. The second kappa shape index (κ2) is 6.35. The van der Waals surface area contributed by atoms with E-state index in [-0.39, 0.29) is 6.29 Å². The highest BCUT2D eigenvalue weighted by molar-refractivity contribution is 4.84. The summed E-state index contributed by atoms with van der Waals surface area (Å²) in [5, 5.41) is 3.29. The first-order chi connectivity index (χ1) is 6.81. The van der Waals surface area contributed by atoms with Gasteiger partial charge in [-0.15, -0.1) is 0 Å². The number of hydrogen-bond acceptors (Lipinski definition) is 4. The van der Waals surface area contributed by atoms with Crippen LogP contribution in [0.25, 0.3) is 0 Å². The topological polar surface area (TPSA) is 33.7 Å². The summed E-state index contributed by atoms with van der Waals surface area (Å²) in [4.78, 5) is 2.44. The predicted molar refractivity (Wildman–Crippen MR) is 56.3 cm³/mol. The molecular weight excluding hydrogens is 180 g/mol. The molecule has 0 saturated carbocycles. The van der Waals surface area contributed by atoms with Gasteiger partial charge in [0.1, 0.15) is 0 Å². The second-order valence-corrected chi connectivity index (χ2v) is 3.71. The third-order valence-electron chi connectivity index (χ3n) is 2.70. The summed E-state index contributed by atoms with van der Waals surface area (Å²) in [7, 11) is 3.38. The molecular formula is C10H22N2O2. The fourth-order valence-electron chi connectivity index (χ4n) is 1.68. The third kappa shape index (κ3) is 3.20. The number of ether oxygens (including phenoxy) is 2. The monoisotopic (exact) mass is 202 g/mol. The zero-order chi connectivity index (χ0) is 10.4. The molecule has 0 aromatic heterocycles. The van der Waals surface area contributed by atoms with E-state index in [4.69, 9.17) is 9.47 Å². The first kappa shape index (κ1) is 11.9. The van der Waals surface area contributed by atoms with Gasteiger partial charge in [0.05, 0.1) is 0 Å². The smallest absolute Gasteiger partial charge is 0.169 e. The Labute approximate surface area is 86.6 Å². The standard InChI is InChI=1S/C10H22N2O2/c1-4-5-12(9-6-11-7-9)8-10(13-2)14-3/h9-11H,4-8H2,1-3H3. The van der Waals surface area contributed by atoms with Gasteiger partial charge in [-0.05, 0) is 13.0 Å². The Balaban J connectivity index is 2.32. The lowest BCUT2D eigenvalue weighted by Gasteiger charge is -2.39. The van der Waals surface area contributed by atoms with Gasteiger partial charge in [-0.25, -0.2) is 0 Å². The van der Waals surface area contributed by atoms with E-state index in [2.05, 4.69) is 17.1 Å². The van der Waals surface area contributed by atoms with Crippen LogP contribution in [-0.4, -0.2) is 57.6 Å². The molecule has 0 unspecified atom stereocenters. The highest BCUT2D eigenvalue weighted by Gasteiger charge is 2.25. The summed E-state index contributed by atoms with van der Waals surface area (Å²) >= 11 is 0. The fraction of sp³-hybridized carbons (Fsp3) is 1.00. The summed E-state index contributed by atoms with van der Waals surface area (Å²) in [5.41, 5.74) is 0. The minimum absolute atomic E-state index is 0.0952. The van der Waals surface area contributed by atoms with Gasteiger partial charge in [0.2, 0.25) is 0 Å². The van der Waals surface area contributed by atoms with E-state index in [1.54, 1.807) is 14.2 Å². The largest absolute Gasteiger partial charge is 0.355 e. The van der Waals surface area contributed by atoms with E-state index < -0.39 is 0 Å². The van der Waals surface area contributed by atoms with E-state index in [1.165, 1.54) is 6.42 Å². The van der Waals surface area contributed by atoms with Crippen molar-refractivity contribution in [2.45, 2.75) is 25.7 Å². The number of rotatable bonds is 7. The van der Waals surface area contributed by atoms with Gasteiger partial charge in [0.25, 0.3) is 0 Å². The van der Waals surface area contributed by atoms with Gasteiger partial charge >= 0.3 is 0 Å². The normalized spacial score (nSPS) is 17.8. The Morgan fingerprint density at radius 3 is 2.36 bits per heavy atom. The van der Waals surface area contributed by atoms with E-state index in [0.717, 1.165) is 26.2 Å². The van der Waals surface area contributed by atoms with Crippen LogP contribution in [0.4, 0.5) is 0 Å². The lowest BCUT2D eigenvalue weighted by molar-refractivity contribution is -0.122. The minimum atomic E-state index is -0.0952. The van der Waals surface area contributed by atoms with Crippen molar-refractivity contribution in [3.8, 4) is 0 Å². The maximum atomic E-state index is 5.21. The Bertz CT molecular complexity index is 145. The molecule has 0 aromatic rings. The van der Waals surface area contributed by atoms with Crippen LogP contribution in [-0.2, 0) is 9.47 Å². The first-order valence-corrected chi connectivity index (χ1v) is 5.32. The Hall–Kier alpha value is -0.160. The maximum absolute atomic E-state index is 5.21. The van der Waals surface area contributed by atoms with Gasteiger partial charge in [0.15, 0.2) is 6.29 Å². The summed E-state index contributed by atoms with van der Waals surface area (Å²) in [6.45, 7) is 6.39. The van der Waals surface area contributed by atoms with E-state index in [0.29, 0.717) is 6.04 Å². The molecule has 14 heavy (non-hydrogen) atoms. The molecule has 0 aliphatic carbocycles. The lowest BCUT2D eigenvalue weighted by Crippen LogP contribution is -2.58. The minimum Gasteiger partial charge on any atom is -0.355 e. The number of methoxy groups -OCH3 is 2. The van der Waals surface area contributed by atoms with Crippen LogP contribution < -0.4 is 5.32 Å². The van der Waals surface area contributed by atoms with Crippen molar-refractivity contribution in [3.63, 3.8) is 0 Å². The Morgan fingerprint density at radius 2 is 2.00 bits per heavy atom. The van der Waals surface area contributed by atoms with Crippen molar-refractivity contribution in [2.24, 2.45) is 0 Å². The van der Waals surface area contributed by atoms with E-state index in [1.807, 2.05) is 0 Å². The number of nitrogens with one attached hydrogen (secondary N) is 1. The van der Waals surface area contributed by atoms with Crippen molar-refractivity contribution in [1.82, 2.24) is 10.2 Å². The molecule has 4 nitrogen and oxygen atoms in total. The third-order valence-corrected chi connectivity index (χ3v) is 2.70. The molecule has 0 radical (unpaired) electrons. The van der Waals surface area contributed by atoms with Crippen molar-refractivity contribution < 1.29 is 9.47 Å². The molecule has 1 N–H and O–H groups in total. The summed E-state index contributed by atoms with van der Waals surface area (Å²) in [6, 6.07) is 0.669. The number of hydrogen-bond donors (Lipinski definition) is 1. The average molecular weight is 202 g/mol. The molecule has 0 bridgehead atoms. The second-order valence-electron chi connectivity index (χ2n) is 3.71. The zero-order valence-electron chi connectivity index (χ0n) is 9.45. The van der Waals surface area contributed by atoms with Gasteiger partial charge in [-0.3, -0.25) is 4.90 Å². The highest BCUT2D eigenvalue weighted by Crippen LogP contribution is 2.08. The van der Waals surface area contributed by atoms with Crippen LogP contribution in [0.3, 0.4) is 0 Å². The maximum Gasteiger partial charge on any atom is 0.169 e. The molecule has 1 saturated heterocycles. The molecule has 1 aliphatic heterocycles. The summed E-state index contributed by atoms with van der Waals surface area (Å²) < 4.78 is 10.4. The van der Waals surface area contributed by atoms with E-state index >= 15 is 0 Å². The summed E-state index contributed by atoms with van der Waals surface area (Å²) in [6.07, 6.45) is 1.08. The van der Waals surface area contributed by atoms with Crippen molar-refractivity contribution in [3.05, 3.63) is 0 Å². The Kier molecular flexibility index (Phi) is 5.40. The van der Waals surface area contributed by atoms with Crippen molar-refractivity contribution in [1.29, 1.82) is 0 Å². The predicted octanol–water partition coefficient (Wildman–Crippen LogP) is 0.289. The van der Waals surface area contributed by atoms with E-state index in [9.17, 15) is 0 Å². The van der Waals surface area contributed by atoms with Gasteiger partial charge < -0.3 is 14.8 Å². The molecule has 4 heteroatoms. The molecule has 1 fully saturated rings. The average Bonchev–Trinajstić information content (AvgIpc) is 2.11. The quantitative estimate of drug-likeness (QED) is 0.602. The molecule has 84 valence electrons. The fourth-order valence-corrected chi connectivity index (χ4v) is 1.68. The number of nitrogens with zero attached hydrogens (tertiary/aromatic N) is 1. The van der Waals surface area contributed by atoms with Gasteiger partial charge in [0, 0.05) is 39.9 Å². The molecule has 1 aliphatic rings. The molecule has 0 amide bonds. The van der Waals surface area contributed by atoms with Crippen LogP contribution in [0.1, 0.15) is 13.3 Å². The zero-order valence-corrected chi connectivity index (χ0v) is 9.45. The van der Waals surface area contributed by atoms with Crippen molar-refractivity contribution in [2.75, 3.05) is 40.4 Å². The van der Waals surface area contributed by atoms with Gasteiger partial charge in [-0.1, -0.05) is 6.92 Å². The van der Waals surface area contributed by atoms with Crippen LogP contribution in [0.2, 0.25) is 0 Å². The summed E-state index contributed by atoms with van der Waals surface area (Å²) in [5.74, 6) is 0. The SMILES string of the molecule is CCCN(CC(OC)OC)C1CNC1. The lowest BCUT2D eigenvalue weighted by atomic mass is 10.1.